The smallest absolute Gasteiger partial charge is 0.295 e. The minimum atomic E-state index is -1.07. The highest BCUT2D eigenvalue weighted by atomic mass is 35.5. The average molecular weight is 511 g/mol. The number of aromatic nitrogens is 2. The maximum atomic E-state index is 13.6. The number of non-ortho nitro benzene ring substituents is 1. The first-order valence-electron chi connectivity index (χ1n) is 11.3. The Balaban J connectivity index is 1.77. The largest absolute Gasteiger partial charge is 0.872 e. The molecule has 1 amide bonds. The van der Waals surface area contributed by atoms with Gasteiger partial charge < -0.3 is 14.7 Å². The lowest BCUT2D eigenvalue weighted by molar-refractivity contribution is -0.695. The summed E-state index contributed by atoms with van der Waals surface area (Å²) < 4.78 is 7.28. The number of likely N-dealkylation sites (tertiary alicyclic amines) is 1. The molecule has 0 saturated carbocycles. The van der Waals surface area contributed by atoms with Crippen LogP contribution in [-0.2, 0) is 16.1 Å². The number of nitro benzene ring substituents is 1. The van der Waals surface area contributed by atoms with Gasteiger partial charge in [0.1, 0.15) is 18.1 Å². The number of imidazole rings is 1. The molecule has 186 valence electrons. The van der Waals surface area contributed by atoms with Crippen LogP contribution in [0.3, 0.4) is 0 Å². The summed E-state index contributed by atoms with van der Waals surface area (Å²) in [6, 6.07) is 8.93. The van der Waals surface area contributed by atoms with Gasteiger partial charge in [0.15, 0.2) is 0 Å². The quantitative estimate of drug-likeness (QED) is 0.117. The van der Waals surface area contributed by atoms with E-state index in [0.29, 0.717) is 30.9 Å². The number of H-pyrrole nitrogens is 1. The van der Waals surface area contributed by atoms with Crippen molar-refractivity contribution in [3.63, 3.8) is 0 Å². The van der Waals surface area contributed by atoms with Gasteiger partial charge >= 0.3 is 0 Å². The van der Waals surface area contributed by atoms with Gasteiger partial charge in [0.05, 0.1) is 29.1 Å². The Bertz CT molecular complexity index is 1340. The van der Waals surface area contributed by atoms with E-state index in [-0.39, 0.29) is 28.4 Å². The summed E-state index contributed by atoms with van der Waals surface area (Å²) in [4.78, 5) is 41.2. The van der Waals surface area contributed by atoms with Crippen LogP contribution in [0, 0.1) is 10.1 Å². The Morgan fingerprint density at radius 2 is 2.06 bits per heavy atom. The first-order valence-corrected chi connectivity index (χ1v) is 11.6. The van der Waals surface area contributed by atoms with Crippen molar-refractivity contribution in [2.45, 2.75) is 25.9 Å². The maximum absolute atomic E-state index is 13.6. The molecule has 0 spiro atoms. The summed E-state index contributed by atoms with van der Waals surface area (Å²) in [6.07, 6.45) is 5.82. The molecule has 1 saturated heterocycles. The van der Waals surface area contributed by atoms with Crippen LogP contribution >= 0.6 is 11.6 Å². The van der Waals surface area contributed by atoms with Crippen LogP contribution in [-0.4, -0.2) is 39.6 Å². The highest BCUT2D eigenvalue weighted by Gasteiger charge is 2.44. The highest BCUT2D eigenvalue weighted by molar-refractivity contribution is 6.46. The number of halogens is 1. The normalized spacial score (nSPS) is 16.9. The number of nitro groups is 1. The SMILES string of the molecule is CCOc1ccc(C([O-])=C2C(=O)C(=O)N(CCC[n+]3cc[nH]c3)C2c2cccc([N+](=O)[O-])c2)cc1Cl. The molecule has 2 aromatic carbocycles. The number of rotatable bonds is 9. The van der Waals surface area contributed by atoms with Crippen LogP contribution < -0.4 is 14.4 Å². The van der Waals surface area contributed by atoms with Crippen LogP contribution in [0.25, 0.3) is 5.76 Å². The Morgan fingerprint density at radius 3 is 2.72 bits per heavy atom. The number of nitrogens with zero attached hydrogens (tertiary/aromatic N) is 3. The molecular formula is C25H23ClN4O6. The Morgan fingerprint density at radius 1 is 1.25 bits per heavy atom. The van der Waals surface area contributed by atoms with E-state index in [0.717, 1.165) is 0 Å². The average Bonchev–Trinajstić information content (AvgIpc) is 3.47. The second-order valence-electron chi connectivity index (χ2n) is 8.11. The van der Waals surface area contributed by atoms with Crippen LogP contribution in [0.5, 0.6) is 5.75 Å². The van der Waals surface area contributed by atoms with Gasteiger partial charge in [0.25, 0.3) is 11.6 Å². The highest BCUT2D eigenvalue weighted by Crippen LogP contribution is 2.40. The lowest BCUT2D eigenvalue weighted by Crippen LogP contribution is -2.36. The number of aromatic amines is 1. The van der Waals surface area contributed by atoms with E-state index in [1.54, 1.807) is 25.5 Å². The predicted molar refractivity (Wildman–Crippen MR) is 128 cm³/mol. The van der Waals surface area contributed by atoms with E-state index in [4.69, 9.17) is 16.3 Å². The predicted octanol–water partition coefficient (Wildman–Crippen LogP) is 2.58. The zero-order chi connectivity index (χ0) is 25.8. The Labute approximate surface area is 211 Å². The lowest BCUT2D eigenvalue weighted by atomic mass is 9.95. The second kappa shape index (κ2) is 10.6. The maximum Gasteiger partial charge on any atom is 0.295 e. The molecule has 0 radical (unpaired) electrons. The molecule has 1 aromatic heterocycles. The van der Waals surface area contributed by atoms with Crippen molar-refractivity contribution in [3.8, 4) is 5.75 Å². The van der Waals surface area contributed by atoms with Crippen LogP contribution in [0.1, 0.15) is 30.5 Å². The fourth-order valence-electron chi connectivity index (χ4n) is 4.21. The molecule has 11 heteroatoms. The molecule has 1 N–H and O–H groups in total. The molecule has 0 bridgehead atoms. The van der Waals surface area contributed by atoms with Gasteiger partial charge in [-0.15, -0.1) is 0 Å². The summed E-state index contributed by atoms with van der Waals surface area (Å²) in [5.74, 6) is -2.05. The number of benzene rings is 2. The number of carbonyl (C=O) groups is 2. The van der Waals surface area contributed by atoms with E-state index in [1.807, 2.05) is 10.8 Å². The van der Waals surface area contributed by atoms with Gasteiger partial charge in [-0.25, -0.2) is 4.57 Å². The number of aryl methyl sites for hydroxylation is 1. The zero-order valence-corrected chi connectivity index (χ0v) is 20.1. The van der Waals surface area contributed by atoms with E-state index in [1.165, 1.54) is 41.3 Å². The minimum Gasteiger partial charge on any atom is -0.872 e. The third-order valence-corrected chi connectivity index (χ3v) is 6.13. The van der Waals surface area contributed by atoms with E-state index in [9.17, 15) is 24.8 Å². The van der Waals surface area contributed by atoms with Gasteiger partial charge in [0, 0.05) is 30.7 Å². The summed E-state index contributed by atoms with van der Waals surface area (Å²) in [5, 5.41) is 25.1. The second-order valence-corrected chi connectivity index (χ2v) is 8.51. The number of hydrogen-bond acceptors (Lipinski definition) is 6. The molecule has 2 heterocycles. The van der Waals surface area contributed by atoms with Crippen LogP contribution in [0.15, 0.2) is 66.8 Å². The molecule has 3 aromatic rings. The molecule has 36 heavy (non-hydrogen) atoms. The van der Waals surface area contributed by atoms with E-state index in [2.05, 4.69) is 4.98 Å². The first kappa shape index (κ1) is 24.9. The van der Waals surface area contributed by atoms with Crippen molar-refractivity contribution < 1.29 is 28.9 Å². The van der Waals surface area contributed by atoms with Gasteiger partial charge in [-0.05, 0) is 30.2 Å². The Hall–Kier alpha value is -4.18. The minimum absolute atomic E-state index is 0.111. The monoisotopic (exact) mass is 510 g/mol. The van der Waals surface area contributed by atoms with Gasteiger partial charge in [-0.2, -0.15) is 0 Å². The number of hydrogen-bond donors (Lipinski definition) is 1. The third-order valence-electron chi connectivity index (χ3n) is 5.84. The fraction of sp³-hybridized carbons (Fsp3) is 0.240. The van der Waals surface area contributed by atoms with Gasteiger partial charge in [0.2, 0.25) is 12.1 Å². The van der Waals surface area contributed by atoms with Crippen molar-refractivity contribution in [2.24, 2.45) is 0 Å². The molecule has 0 aliphatic carbocycles. The molecular weight excluding hydrogens is 488 g/mol. The molecule has 4 rings (SSSR count). The number of amides is 1. The van der Waals surface area contributed by atoms with Gasteiger partial charge in [-0.3, -0.25) is 24.7 Å². The molecule has 1 aliphatic heterocycles. The summed E-state index contributed by atoms with van der Waals surface area (Å²) >= 11 is 6.25. The third kappa shape index (κ3) is 4.94. The van der Waals surface area contributed by atoms with Crippen LogP contribution in [0.2, 0.25) is 5.02 Å². The molecule has 1 aliphatic rings. The summed E-state index contributed by atoms with van der Waals surface area (Å²) in [7, 11) is 0. The first-order chi connectivity index (χ1) is 17.3. The molecule has 10 nitrogen and oxygen atoms in total. The molecule has 1 fully saturated rings. The summed E-state index contributed by atoms with van der Waals surface area (Å²) in [6.45, 7) is 2.89. The standard InChI is InChI=1S/C25H23ClN4O6/c1-2-36-20-8-7-17(14-19(20)26)23(31)21-22(16-5-3-6-18(13-16)30(34)35)29(25(33)24(21)32)11-4-10-28-12-9-27-15-28/h3,5-9,12-15,22H,2,4,10-11H2,1H3,(H,31,32). The number of ketones is 1. The van der Waals surface area contributed by atoms with Crippen LogP contribution in [0.4, 0.5) is 5.69 Å². The fourth-order valence-corrected chi connectivity index (χ4v) is 4.44. The Kier molecular flexibility index (Phi) is 7.35. The van der Waals surface area contributed by atoms with E-state index >= 15 is 0 Å². The van der Waals surface area contributed by atoms with Crippen molar-refractivity contribution in [1.29, 1.82) is 0 Å². The molecule has 1 unspecified atom stereocenters. The summed E-state index contributed by atoms with van der Waals surface area (Å²) in [5.41, 5.74) is -0.0640. The number of Topliss-reactive ketones (excluding diaryl/α,β-unsaturated/α-hetero) is 1. The van der Waals surface area contributed by atoms with E-state index < -0.39 is 28.4 Å². The number of carbonyl (C=O) groups excluding carboxylic acids is 2. The number of nitrogens with one attached hydrogen (secondary N) is 1. The number of ether oxygens (including phenoxy) is 1. The topological polar surface area (TPSA) is 132 Å². The van der Waals surface area contributed by atoms with Crippen molar-refractivity contribution in [3.05, 3.63) is 93.0 Å². The van der Waals surface area contributed by atoms with Gasteiger partial charge in [-0.1, -0.05) is 35.6 Å². The lowest BCUT2D eigenvalue weighted by Gasteiger charge is -2.27. The van der Waals surface area contributed by atoms with Crippen molar-refractivity contribution in [2.75, 3.05) is 13.2 Å². The zero-order valence-electron chi connectivity index (χ0n) is 19.3. The van der Waals surface area contributed by atoms with Crippen molar-refractivity contribution in [1.82, 2.24) is 9.88 Å². The van der Waals surface area contributed by atoms with Crippen molar-refractivity contribution >= 4 is 34.7 Å². The molecule has 1 atom stereocenters.